The number of hydrogen-bond donors (Lipinski definition) is 2. The predicted molar refractivity (Wildman–Crippen MR) is 30.9 cm³/mol. The average Bonchev–Trinajstić information content (AvgIpc) is 1.83. The van der Waals surface area contributed by atoms with E-state index >= 15 is 0 Å². The SMILES string of the molecule is O=C1CCC[C@H](O)[C@@H]1O. The largest absolute Gasteiger partial charge is 0.390 e. The maximum Gasteiger partial charge on any atom is 0.163 e. The Morgan fingerprint density at radius 3 is 2.56 bits per heavy atom. The third-order valence-corrected chi connectivity index (χ3v) is 1.62. The predicted octanol–water partition coefficient (Wildman–Crippen LogP) is -0.539. The minimum Gasteiger partial charge on any atom is -0.390 e. The smallest absolute Gasteiger partial charge is 0.163 e. The number of aliphatic hydroxyl groups is 2. The number of aliphatic hydroxyl groups excluding tert-OH is 2. The second-order valence-corrected chi connectivity index (χ2v) is 2.37. The molecule has 1 fully saturated rings. The van der Waals surface area contributed by atoms with Crippen molar-refractivity contribution in [2.45, 2.75) is 31.5 Å². The summed E-state index contributed by atoms with van der Waals surface area (Å²) < 4.78 is 0. The van der Waals surface area contributed by atoms with Crippen LogP contribution in [0.5, 0.6) is 0 Å². The van der Waals surface area contributed by atoms with Gasteiger partial charge >= 0.3 is 0 Å². The normalized spacial score (nSPS) is 36.9. The van der Waals surface area contributed by atoms with Gasteiger partial charge in [0.25, 0.3) is 0 Å². The van der Waals surface area contributed by atoms with Crippen LogP contribution in [0.1, 0.15) is 19.3 Å². The van der Waals surface area contributed by atoms with Crippen LogP contribution >= 0.6 is 0 Å². The highest BCUT2D eigenvalue weighted by molar-refractivity contribution is 5.84. The molecular weight excluding hydrogens is 120 g/mol. The van der Waals surface area contributed by atoms with Gasteiger partial charge in [-0.25, -0.2) is 0 Å². The first-order chi connectivity index (χ1) is 4.22. The van der Waals surface area contributed by atoms with Gasteiger partial charge in [-0.15, -0.1) is 0 Å². The number of ketones is 1. The zero-order chi connectivity index (χ0) is 6.85. The van der Waals surface area contributed by atoms with Gasteiger partial charge in [-0.1, -0.05) is 0 Å². The Labute approximate surface area is 53.3 Å². The van der Waals surface area contributed by atoms with Crippen molar-refractivity contribution < 1.29 is 15.0 Å². The van der Waals surface area contributed by atoms with Gasteiger partial charge in [0.05, 0.1) is 6.10 Å². The molecule has 0 bridgehead atoms. The number of hydrogen-bond acceptors (Lipinski definition) is 3. The molecule has 0 heterocycles. The van der Waals surface area contributed by atoms with Crippen molar-refractivity contribution in [1.82, 2.24) is 0 Å². The van der Waals surface area contributed by atoms with Crippen molar-refractivity contribution in [2.75, 3.05) is 0 Å². The minimum atomic E-state index is -1.11. The summed E-state index contributed by atoms with van der Waals surface area (Å²) >= 11 is 0. The number of rotatable bonds is 0. The third kappa shape index (κ3) is 1.28. The van der Waals surface area contributed by atoms with Crippen molar-refractivity contribution in [3.05, 3.63) is 0 Å². The molecule has 1 saturated carbocycles. The molecule has 2 N–H and O–H groups in total. The topological polar surface area (TPSA) is 57.5 Å². The Hall–Kier alpha value is -0.410. The van der Waals surface area contributed by atoms with E-state index in [4.69, 9.17) is 10.2 Å². The molecule has 9 heavy (non-hydrogen) atoms. The van der Waals surface area contributed by atoms with E-state index in [-0.39, 0.29) is 5.78 Å². The van der Waals surface area contributed by atoms with Crippen LogP contribution in [0.2, 0.25) is 0 Å². The molecule has 1 aliphatic carbocycles. The average molecular weight is 130 g/mol. The van der Waals surface area contributed by atoms with Crippen LogP contribution in [0.3, 0.4) is 0 Å². The number of carbonyl (C=O) groups is 1. The monoisotopic (exact) mass is 130 g/mol. The molecule has 0 unspecified atom stereocenters. The van der Waals surface area contributed by atoms with Gasteiger partial charge < -0.3 is 10.2 Å². The molecule has 1 aliphatic rings. The first-order valence-corrected chi connectivity index (χ1v) is 3.10. The van der Waals surface area contributed by atoms with Gasteiger partial charge in [0.15, 0.2) is 5.78 Å². The fourth-order valence-electron chi connectivity index (χ4n) is 1.01. The lowest BCUT2D eigenvalue weighted by Crippen LogP contribution is -2.37. The summed E-state index contributed by atoms with van der Waals surface area (Å²) in [6.07, 6.45) is -0.257. The first kappa shape index (κ1) is 6.71. The summed E-state index contributed by atoms with van der Waals surface area (Å²) in [5, 5.41) is 17.7. The van der Waals surface area contributed by atoms with Crippen molar-refractivity contribution in [3.63, 3.8) is 0 Å². The zero-order valence-electron chi connectivity index (χ0n) is 5.08. The Bertz CT molecular complexity index is 121. The van der Waals surface area contributed by atoms with Crippen molar-refractivity contribution in [3.8, 4) is 0 Å². The summed E-state index contributed by atoms with van der Waals surface area (Å²) in [5.74, 6) is -0.228. The molecule has 3 heteroatoms. The molecule has 0 aromatic heterocycles. The summed E-state index contributed by atoms with van der Waals surface area (Å²) in [6.45, 7) is 0. The van der Waals surface area contributed by atoms with Gasteiger partial charge in [-0.2, -0.15) is 0 Å². The van der Waals surface area contributed by atoms with E-state index < -0.39 is 12.2 Å². The molecular formula is C6H10O3. The molecule has 0 aliphatic heterocycles. The molecule has 0 amide bonds. The molecule has 0 aromatic carbocycles. The highest BCUT2D eigenvalue weighted by Gasteiger charge is 2.27. The van der Waals surface area contributed by atoms with Crippen LogP contribution in [0, 0.1) is 0 Å². The second-order valence-electron chi connectivity index (χ2n) is 2.37. The van der Waals surface area contributed by atoms with Crippen molar-refractivity contribution in [1.29, 1.82) is 0 Å². The lowest BCUT2D eigenvalue weighted by atomic mass is 9.94. The number of Topliss-reactive ketones (excluding diaryl/α,β-unsaturated/α-hetero) is 1. The Morgan fingerprint density at radius 1 is 1.44 bits per heavy atom. The molecule has 3 nitrogen and oxygen atoms in total. The molecule has 2 atom stereocenters. The summed E-state index contributed by atoms with van der Waals surface area (Å²) in [6, 6.07) is 0. The van der Waals surface area contributed by atoms with Crippen LogP contribution in [-0.2, 0) is 4.79 Å². The molecule has 1 rings (SSSR count). The highest BCUT2D eigenvalue weighted by Crippen LogP contribution is 2.14. The standard InChI is InChI=1S/C6H10O3/c7-4-2-1-3-5(8)6(4)9/h4,6-7,9H,1-3H2/t4-,6-/m0/s1. The fourth-order valence-corrected chi connectivity index (χ4v) is 1.01. The molecule has 0 spiro atoms. The maximum absolute atomic E-state index is 10.6. The molecule has 0 aromatic rings. The lowest BCUT2D eigenvalue weighted by molar-refractivity contribution is -0.136. The second kappa shape index (κ2) is 2.45. The summed E-state index contributed by atoms with van der Waals surface area (Å²) in [7, 11) is 0. The minimum absolute atomic E-state index is 0.228. The van der Waals surface area contributed by atoms with E-state index in [1.165, 1.54) is 0 Å². The van der Waals surface area contributed by atoms with E-state index in [9.17, 15) is 4.79 Å². The Balaban J connectivity index is 2.51. The van der Waals surface area contributed by atoms with Gasteiger partial charge in [-0.3, -0.25) is 4.79 Å². The molecule has 0 radical (unpaired) electrons. The van der Waals surface area contributed by atoms with Gasteiger partial charge in [0, 0.05) is 6.42 Å². The van der Waals surface area contributed by atoms with Crippen molar-refractivity contribution >= 4 is 5.78 Å². The van der Waals surface area contributed by atoms with Crippen LogP contribution in [0.4, 0.5) is 0 Å². The lowest BCUT2D eigenvalue weighted by Gasteiger charge is -2.20. The van der Waals surface area contributed by atoms with Crippen LogP contribution < -0.4 is 0 Å². The van der Waals surface area contributed by atoms with Gasteiger partial charge in [0.1, 0.15) is 6.10 Å². The number of carbonyl (C=O) groups excluding carboxylic acids is 1. The van der Waals surface area contributed by atoms with E-state index in [2.05, 4.69) is 0 Å². The van der Waals surface area contributed by atoms with Crippen molar-refractivity contribution in [2.24, 2.45) is 0 Å². The van der Waals surface area contributed by atoms with Gasteiger partial charge in [-0.05, 0) is 12.8 Å². The van der Waals surface area contributed by atoms with E-state index in [1.807, 2.05) is 0 Å². The van der Waals surface area contributed by atoms with E-state index in [0.29, 0.717) is 19.3 Å². The third-order valence-electron chi connectivity index (χ3n) is 1.62. The Morgan fingerprint density at radius 2 is 2.11 bits per heavy atom. The quantitative estimate of drug-likeness (QED) is 0.463. The Kier molecular flexibility index (Phi) is 1.83. The fraction of sp³-hybridized carbons (Fsp3) is 0.833. The van der Waals surface area contributed by atoms with Gasteiger partial charge in [0.2, 0.25) is 0 Å². The molecule has 52 valence electrons. The van der Waals surface area contributed by atoms with Crippen LogP contribution in [0.15, 0.2) is 0 Å². The first-order valence-electron chi connectivity index (χ1n) is 3.10. The highest BCUT2D eigenvalue weighted by atomic mass is 16.3. The van der Waals surface area contributed by atoms with E-state index in [1.54, 1.807) is 0 Å². The van der Waals surface area contributed by atoms with Crippen LogP contribution in [-0.4, -0.2) is 28.2 Å². The van der Waals surface area contributed by atoms with Crippen LogP contribution in [0.25, 0.3) is 0 Å². The zero-order valence-corrected chi connectivity index (χ0v) is 5.08. The summed E-state index contributed by atoms with van der Waals surface area (Å²) in [5.41, 5.74) is 0. The maximum atomic E-state index is 10.6. The van der Waals surface area contributed by atoms with E-state index in [0.717, 1.165) is 0 Å². The summed E-state index contributed by atoms with van der Waals surface area (Å²) in [4.78, 5) is 10.6. The molecule has 0 saturated heterocycles.